The highest BCUT2D eigenvalue weighted by Gasteiger charge is 2.37. The molecule has 21 heavy (non-hydrogen) atoms. The van der Waals surface area contributed by atoms with Gasteiger partial charge in [0.2, 0.25) is 11.8 Å². The largest absolute Gasteiger partial charge is 0.343 e. The van der Waals surface area contributed by atoms with Crippen LogP contribution in [0.5, 0.6) is 0 Å². The summed E-state index contributed by atoms with van der Waals surface area (Å²) in [5, 5.41) is 2.75. The first-order chi connectivity index (χ1) is 10.0. The molecule has 0 saturated carbocycles. The van der Waals surface area contributed by atoms with Gasteiger partial charge < -0.3 is 10.2 Å². The van der Waals surface area contributed by atoms with Crippen LogP contribution in [-0.2, 0) is 16.0 Å². The van der Waals surface area contributed by atoms with Crippen LogP contribution in [0.15, 0.2) is 24.3 Å². The van der Waals surface area contributed by atoms with Crippen LogP contribution in [0, 0.1) is 5.82 Å². The van der Waals surface area contributed by atoms with Crippen molar-refractivity contribution in [3.63, 3.8) is 0 Å². The normalized spacial score (nSPS) is 22.3. The van der Waals surface area contributed by atoms with Gasteiger partial charge in [-0.2, -0.15) is 0 Å². The van der Waals surface area contributed by atoms with Crippen molar-refractivity contribution in [3.8, 4) is 0 Å². The Bertz CT molecular complexity index is 533. The van der Waals surface area contributed by atoms with Crippen LogP contribution >= 0.6 is 0 Å². The number of carbonyl (C=O) groups is 2. The van der Waals surface area contributed by atoms with Gasteiger partial charge in [-0.15, -0.1) is 0 Å². The number of hydrogen-bond acceptors (Lipinski definition) is 2. The minimum absolute atomic E-state index is 0.0692. The van der Waals surface area contributed by atoms with E-state index in [-0.39, 0.29) is 17.6 Å². The lowest BCUT2D eigenvalue weighted by molar-refractivity contribution is -0.148. The van der Waals surface area contributed by atoms with Crippen molar-refractivity contribution in [2.45, 2.75) is 45.2 Å². The number of piperazine rings is 1. The molecule has 1 heterocycles. The van der Waals surface area contributed by atoms with E-state index < -0.39 is 12.1 Å². The Morgan fingerprint density at radius 2 is 2.00 bits per heavy atom. The third-order valence-corrected chi connectivity index (χ3v) is 3.90. The Hall–Kier alpha value is -1.91. The second-order valence-electron chi connectivity index (χ2n) is 5.40. The number of halogens is 1. The van der Waals surface area contributed by atoms with Crippen LogP contribution in [-0.4, -0.2) is 35.3 Å². The molecule has 2 atom stereocenters. The average Bonchev–Trinajstić information content (AvgIpc) is 2.46. The van der Waals surface area contributed by atoms with Gasteiger partial charge in [-0.05, 0) is 31.4 Å². The molecule has 5 heteroatoms. The van der Waals surface area contributed by atoms with Crippen molar-refractivity contribution >= 4 is 11.8 Å². The maximum Gasteiger partial charge on any atom is 0.245 e. The van der Waals surface area contributed by atoms with Crippen molar-refractivity contribution in [2.24, 2.45) is 0 Å². The van der Waals surface area contributed by atoms with Crippen molar-refractivity contribution in [1.29, 1.82) is 0 Å². The van der Waals surface area contributed by atoms with Crippen molar-refractivity contribution in [3.05, 3.63) is 35.6 Å². The molecule has 114 valence electrons. The van der Waals surface area contributed by atoms with Crippen LogP contribution < -0.4 is 5.32 Å². The first-order valence-corrected chi connectivity index (χ1v) is 7.38. The smallest absolute Gasteiger partial charge is 0.245 e. The van der Waals surface area contributed by atoms with E-state index >= 15 is 0 Å². The van der Waals surface area contributed by atoms with Gasteiger partial charge in [-0.3, -0.25) is 9.59 Å². The number of nitrogens with zero attached hydrogens (tertiary/aromatic N) is 1. The van der Waals surface area contributed by atoms with Crippen molar-refractivity contribution < 1.29 is 14.0 Å². The zero-order valence-corrected chi connectivity index (χ0v) is 12.4. The fraction of sp³-hybridized carbons (Fsp3) is 0.500. The predicted octanol–water partition coefficient (Wildman–Crippen LogP) is 1.88. The molecular weight excluding hydrogens is 271 g/mol. The van der Waals surface area contributed by atoms with E-state index in [1.807, 2.05) is 6.92 Å². The van der Waals surface area contributed by atoms with Crippen molar-refractivity contribution in [2.75, 3.05) is 6.54 Å². The number of benzene rings is 1. The van der Waals surface area contributed by atoms with Crippen LogP contribution in [0.3, 0.4) is 0 Å². The standard InChI is InChI=1S/C16H21FN2O2/c1-3-6-14-16(21)19(11(2)15(20)18-14)10-9-12-7-4-5-8-13(12)17/h4-5,7-8,11,14H,3,6,9-10H2,1-2H3,(H,18,20). The molecule has 2 amide bonds. The highest BCUT2D eigenvalue weighted by molar-refractivity contribution is 5.96. The van der Waals surface area contributed by atoms with Gasteiger partial charge in [-0.1, -0.05) is 31.5 Å². The molecule has 0 aromatic heterocycles. The molecule has 4 nitrogen and oxygen atoms in total. The quantitative estimate of drug-likeness (QED) is 0.901. The van der Waals surface area contributed by atoms with E-state index in [0.717, 1.165) is 6.42 Å². The fourth-order valence-electron chi connectivity index (χ4n) is 2.62. The van der Waals surface area contributed by atoms with E-state index in [2.05, 4.69) is 5.32 Å². The second-order valence-corrected chi connectivity index (χ2v) is 5.40. The van der Waals surface area contributed by atoms with Crippen LogP contribution in [0.2, 0.25) is 0 Å². The lowest BCUT2D eigenvalue weighted by Crippen LogP contribution is -2.62. The molecule has 1 aromatic rings. The summed E-state index contributed by atoms with van der Waals surface area (Å²) in [6, 6.07) is 5.57. The Morgan fingerprint density at radius 3 is 2.67 bits per heavy atom. The van der Waals surface area contributed by atoms with Crippen LogP contribution in [0.1, 0.15) is 32.3 Å². The van der Waals surface area contributed by atoms with Gasteiger partial charge in [0.05, 0.1) is 0 Å². The Morgan fingerprint density at radius 1 is 1.29 bits per heavy atom. The lowest BCUT2D eigenvalue weighted by Gasteiger charge is -2.37. The molecule has 0 radical (unpaired) electrons. The monoisotopic (exact) mass is 292 g/mol. The summed E-state index contributed by atoms with van der Waals surface area (Å²) >= 11 is 0. The van der Waals surface area contributed by atoms with E-state index in [0.29, 0.717) is 24.9 Å². The van der Waals surface area contributed by atoms with Gasteiger partial charge in [0.25, 0.3) is 0 Å². The Labute approximate surface area is 124 Å². The van der Waals surface area contributed by atoms with Crippen molar-refractivity contribution in [1.82, 2.24) is 10.2 Å². The van der Waals surface area contributed by atoms with E-state index in [1.54, 1.807) is 30.0 Å². The summed E-state index contributed by atoms with van der Waals surface area (Å²) in [6.07, 6.45) is 1.87. The third kappa shape index (κ3) is 3.40. The number of nitrogens with one attached hydrogen (secondary N) is 1. The average molecular weight is 292 g/mol. The van der Waals surface area contributed by atoms with Crippen LogP contribution in [0.25, 0.3) is 0 Å². The molecule has 0 bridgehead atoms. The number of rotatable bonds is 5. The van der Waals surface area contributed by atoms with Gasteiger partial charge in [0.1, 0.15) is 17.9 Å². The lowest BCUT2D eigenvalue weighted by atomic mass is 10.0. The van der Waals surface area contributed by atoms with E-state index in [9.17, 15) is 14.0 Å². The molecule has 1 saturated heterocycles. The molecule has 1 aromatic carbocycles. The molecule has 1 N–H and O–H groups in total. The summed E-state index contributed by atoms with van der Waals surface area (Å²) in [7, 11) is 0. The Balaban J connectivity index is 2.07. The molecule has 2 unspecified atom stereocenters. The second kappa shape index (κ2) is 6.70. The molecule has 1 aliphatic heterocycles. The molecule has 1 fully saturated rings. The van der Waals surface area contributed by atoms with Crippen LogP contribution in [0.4, 0.5) is 4.39 Å². The zero-order valence-electron chi connectivity index (χ0n) is 12.4. The summed E-state index contributed by atoms with van der Waals surface area (Å²) in [5.41, 5.74) is 0.565. The van der Waals surface area contributed by atoms with Gasteiger partial charge in [0, 0.05) is 6.54 Å². The molecular formula is C16H21FN2O2. The first-order valence-electron chi connectivity index (χ1n) is 7.38. The van der Waals surface area contributed by atoms with Gasteiger partial charge >= 0.3 is 0 Å². The summed E-state index contributed by atoms with van der Waals surface area (Å²) in [5.74, 6) is -0.481. The number of carbonyl (C=O) groups excluding carboxylic acids is 2. The highest BCUT2D eigenvalue weighted by Crippen LogP contribution is 2.15. The fourth-order valence-corrected chi connectivity index (χ4v) is 2.62. The summed E-state index contributed by atoms with van der Waals surface area (Å²) < 4.78 is 13.6. The minimum Gasteiger partial charge on any atom is -0.343 e. The predicted molar refractivity (Wildman–Crippen MR) is 78.1 cm³/mol. The molecule has 1 aliphatic rings. The molecule has 0 spiro atoms. The topological polar surface area (TPSA) is 49.4 Å². The maximum absolute atomic E-state index is 13.6. The van der Waals surface area contributed by atoms with E-state index in [4.69, 9.17) is 0 Å². The number of amides is 2. The first kappa shape index (κ1) is 15.5. The SMILES string of the molecule is CCCC1NC(=O)C(C)N(CCc2ccccc2F)C1=O. The number of hydrogen-bond donors (Lipinski definition) is 1. The van der Waals surface area contributed by atoms with Gasteiger partial charge in [0.15, 0.2) is 0 Å². The minimum atomic E-state index is -0.502. The van der Waals surface area contributed by atoms with Gasteiger partial charge in [-0.25, -0.2) is 4.39 Å². The highest BCUT2D eigenvalue weighted by atomic mass is 19.1. The van der Waals surface area contributed by atoms with E-state index in [1.165, 1.54) is 6.07 Å². The summed E-state index contributed by atoms with van der Waals surface area (Å²) in [4.78, 5) is 25.9. The molecule has 2 rings (SSSR count). The molecule has 0 aliphatic carbocycles. The maximum atomic E-state index is 13.6. The third-order valence-electron chi connectivity index (χ3n) is 3.90. The zero-order chi connectivity index (χ0) is 15.4. The Kier molecular flexibility index (Phi) is 4.94. The summed E-state index contributed by atoms with van der Waals surface area (Å²) in [6.45, 7) is 4.03.